The van der Waals surface area contributed by atoms with Gasteiger partial charge < -0.3 is 31.3 Å². The first kappa shape index (κ1) is 23.2. The average Bonchev–Trinajstić information content (AvgIpc) is 2.69. The molecule has 7 N–H and O–H groups in total. The number of benzene rings is 1. The Balaban J connectivity index is 2.07. The van der Waals surface area contributed by atoms with E-state index in [1.54, 1.807) is 0 Å². The molecule has 0 bridgehead atoms. The molecule has 1 amide bonds. The monoisotopic (exact) mass is 478 g/mol. The van der Waals surface area contributed by atoms with Crippen molar-refractivity contribution in [2.75, 3.05) is 14.1 Å². The Hall–Kier alpha value is -2.92. The molecule has 0 saturated heterocycles. The van der Waals surface area contributed by atoms with Gasteiger partial charge in [0.1, 0.15) is 22.8 Å². The fraction of sp³-hybridized carbons (Fsp3) is 0.409. The Kier molecular flexibility index (Phi) is 4.96. The summed E-state index contributed by atoms with van der Waals surface area (Å²) in [4.78, 5) is 40.1. The van der Waals surface area contributed by atoms with Crippen LogP contribution in [0.15, 0.2) is 29.0 Å². The van der Waals surface area contributed by atoms with Gasteiger partial charge in [-0.05, 0) is 39.6 Å². The zero-order chi connectivity index (χ0) is 24.8. The zero-order valence-electron chi connectivity index (χ0n) is 18.0. The summed E-state index contributed by atoms with van der Waals surface area (Å²) in [5, 5.41) is 55.2. The van der Waals surface area contributed by atoms with E-state index in [1.807, 2.05) is 0 Å². The number of aliphatic hydroxyl groups excluding tert-OH is 2. The number of phenols is 1. The number of phenolic OH excluding ortho intramolecular Hbond substituents is 1. The number of nitrogens with two attached hydrogens (primary N) is 1. The lowest BCUT2D eigenvalue weighted by Gasteiger charge is -2.53. The molecule has 33 heavy (non-hydrogen) atoms. The second kappa shape index (κ2) is 7.04. The number of aliphatic hydroxyl groups is 4. The minimum atomic E-state index is -2.78. The van der Waals surface area contributed by atoms with E-state index >= 15 is 0 Å². The van der Waals surface area contributed by atoms with Crippen LogP contribution in [0.1, 0.15) is 24.5 Å². The molecule has 0 spiro atoms. The molecule has 0 aliphatic heterocycles. The van der Waals surface area contributed by atoms with Crippen LogP contribution >= 0.6 is 11.6 Å². The van der Waals surface area contributed by atoms with Crippen molar-refractivity contribution in [3.05, 3.63) is 45.2 Å². The lowest BCUT2D eigenvalue weighted by atomic mass is 9.54. The van der Waals surface area contributed by atoms with Crippen LogP contribution in [0, 0.1) is 11.8 Å². The molecule has 0 heterocycles. The van der Waals surface area contributed by atoms with E-state index in [1.165, 1.54) is 38.1 Å². The molecule has 11 heteroatoms. The Bertz CT molecular complexity index is 1200. The predicted octanol–water partition coefficient (Wildman–Crippen LogP) is 0.282. The van der Waals surface area contributed by atoms with Crippen LogP contribution in [-0.4, -0.2) is 73.6 Å². The number of fused-ring (bicyclic) bond motifs is 3. The summed E-state index contributed by atoms with van der Waals surface area (Å²) < 4.78 is 0. The number of likely N-dealkylation sites (N-methyl/N-ethyl adjacent to an activating group) is 1. The number of aromatic hydroxyl groups is 1. The predicted molar refractivity (Wildman–Crippen MR) is 115 cm³/mol. The lowest BCUT2D eigenvalue weighted by Crippen LogP contribution is -2.67. The Morgan fingerprint density at radius 2 is 1.79 bits per heavy atom. The Morgan fingerprint density at radius 1 is 1.18 bits per heavy atom. The third kappa shape index (κ3) is 2.75. The standard InChI is InChI=1S/C22H23ClN2O8/c1-21(32)7-6-8-15(25(2)3)17(28)13(20(24)31)19(30)22(8,33)18(29)11(7)16(27)12-10(26)5-4-9(23)14(12)21/h4-5,7-8,15,26-27,30,32-33H,6H2,1-3H3,(H2,24,31)/t7-,8+,15+,21+,22+/m1/s1. The van der Waals surface area contributed by atoms with Crippen molar-refractivity contribution in [3.63, 3.8) is 0 Å². The third-order valence-corrected chi connectivity index (χ3v) is 7.39. The first-order chi connectivity index (χ1) is 15.2. The maximum atomic E-state index is 13.7. The smallest absolute Gasteiger partial charge is 0.255 e. The van der Waals surface area contributed by atoms with Gasteiger partial charge in [-0.25, -0.2) is 0 Å². The van der Waals surface area contributed by atoms with Crippen molar-refractivity contribution in [2.24, 2.45) is 17.6 Å². The molecule has 1 aromatic rings. The average molecular weight is 479 g/mol. The van der Waals surface area contributed by atoms with Crippen molar-refractivity contribution in [1.29, 1.82) is 0 Å². The van der Waals surface area contributed by atoms with E-state index in [4.69, 9.17) is 17.3 Å². The summed E-state index contributed by atoms with van der Waals surface area (Å²) in [7, 11) is 2.97. The van der Waals surface area contributed by atoms with Gasteiger partial charge in [0.15, 0.2) is 11.4 Å². The van der Waals surface area contributed by atoms with Crippen molar-refractivity contribution >= 4 is 34.8 Å². The Labute approximate surface area is 193 Å². The first-order valence-corrected chi connectivity index (χ1v) is 10.5. The maximum Gasteiger partial charge on any atom is 0.255 e. The van der Waals surface area contributed by atoms with Gasteiger partial charge in [0.2, 0.25) is 5.78 Å². The SMILES string of the molecule is CN(C)[C@@H]1C(=O)C(C(N)=O)=C(O)[C@@]2(O)C(=O)C3=C(O)c4c(O)ccc(Cl)c4[C@@](C)(O)[C@@H]3C[C@@H]12. The van der Waals surface area contributed by atoms with E-state index < -0.39 is 75.0 Å². The van der Waals surface area contributed by atoms with Crippen molar-refractivity contribution in [1.82, 2.24) is 4.90 Å². The van der Waals surface area contributed by atoms with Crippen molar-refractivity contribution < 1.29 is 39.9 Å². The maximum absolute atomic E-state index is 13.7. The number of ketones is 2. The topological polar surface area (TPSA) is 182 Å². The molecule has 0 unspecified atom stereocenters. The van der Waals surface area contributed by atoms with Crippen LogP contribution in [0.4, 0.5) is 0 Å². The van der Waals surface area contributed by atoms with E-state index in [0.29, 0.717) is 0 Å². The van der Waals surface area contributed by atoms with Crippen LogP contribution in [-0.2, 0) is 20.0 Å². The van der Waals surface area contributed by atoms with E-state index in [-0.39, 0.29) is 22.6 Å². The molecule has 3 aliphatic rings. The molecule has 176 valence electrons. The number of hydrogen-bond acceptors (Lipinski definition) is 9. The molecule has 0 radical (unpaired) electrons. The van der Waals surface area contributed by atoms with Crippen LogP contribution in [0.5, 0.6) is 5.75 Å². The molecule has 1 aromatic carbocycles. The highest BCUT2D eigenvalue weighted by molar-refractivity contribution is 6.32. The second-order valence-corrected chi connectivity index (χ2v) is 9.48. The van der Waals surface area contributed by atoms with Gasteiger partial charge in [-0.3, -0.25) is 19.3 Å². The quantitative estimate of drug-likeness (QED) is 0.325. The molecule has 4 rings (SSSR count). The van der Waals surface area contributed by atoms with Crippen LogP contribution in [0.3, 0.4) is 0 Å². The van der Waals surface area contributed by atoms with E-state index in [9.17, 15) is 39.9 Å². The number of nitrogens with zero attached hydrogens (tertiary/aromatic N) is 1. The van der Waals surface area contributed by atoms with Crippen LogP contribution in [0.2, 0.25) is 5.02 Å². The molecule has 10 nitrogen and oxygen atoms in total. The van der Waals surface area contributed by atoms with Crippen LogP contribution in [0.25, 0.3) is 5.76 Å². The van der Waals surface area contributed by atoms with Gasteiger partial charge >= 0.3 is 0 Å². The number of halogens is 1. The summed E-state index contributed by atoms with van der Waals surface area (Å²) in [6, 6.07) is 1.24. The van der Waals surface area contributed by atoms with E-state index in [2.05, 4.69) is 0 Å². The van der Waals surface area contributed by atoms with Gasteiger partial charge in [-0.2, -0.15) is 0 Å². The highest BCUT2D eigenvalue weighted by Crippen LogP contribution is 2.58. The number of carbonyl (C=O) groups excluding carboxylic acids is 3. The van der Waals surface area contributed by atoms with Crippen molar-refractivity contribution in [2.45, 2.75) is 30.6 Å². The van der Waals surface area contributed by atoms with Gasteiger partial charge in [0.05, 0.1) is 17.2 Å². The number of hydrogen-bond donors (Lipinski definition) is 6. The molecular formula is C22H23ClN2O8. The number of amides is 1. The highest BCUT2D eigenvalue weighted by Gasteiger charge is 2.66. The summed E-state index contributed by atoms with van der Waals surface area (Å²) in [5.74, 6) is -8.30. The first-order valence-electron chi connectivity index (χ1n) is 10.1. The van der Waals surface area contributed by atoms with E-state index in [0.717, 1.165) is 0 Å². The normalized spacial score (nSPS) is 33.7. The van der Waals surface area contributed by atoms with Gasteiger partial charge in [0.25, 0.3) is 5.91 Å². The fourth-order valence-electron chi connectivity index (χ4n) is 5.58. The minimum absolute atomic E-state index is 0.0187. The van der Waals surface area contributed by atoms with Crippen LogP contribution < -0.4 is 5.73 Å². The molecule has 3 aliphatic carbocycles. The molecule has 0 aromatic heterocycles. The van der Waals surface area contributed by atoms with Gasteiger partial charge in [0, 0.05) is 28.0 Å². The fourth-order valence-corrected chi connectivity index (χ4v) is 5.93. The zero-order valence-corrected chi connectivity index (χ0v) is 18.7. The summed E-state index contributed by atoms with van der Waals surface area (Å²) in [6.07, 6.45) is -0.259. The summed E-state index contributed by atoms with van der Waals surface area (Å²) in [6.45, 7) is 1.34. The third-order valence-electron chi connectivity index (χ3n) is 7.07. The minimum Gasteiger partial charge on any atom is -0.508 e. The number of primary amides is 1. The molecule has 5 atom stereocenters. The second-order valence-electron chi connectivity index (χ2n) is 9.08. The number of Topliss-reactive ketones (excluding diaryl/α,β-unsaturated/α-hetero) is 2. The molecule has 1 fully saturated rings. The van der Waals surface area contributed by atoms with Gasteiger partial charge in [-0.1, -0.05) is 11.6 Å². The highest BCUT2D eigenvalue weighted by atomic mass is 35.5. The number of carbonyl (C=O) groups is 3. The largest absolute Gasteiger partial charge is 0.508 e. The van der Waals surface area contributed by atoms with Gasteiger partial charge in [-0.15, -0.1) is 0 Å². The molecule has 1 saturated carbocycles. The lowest BCUT2D eigenvalue weighted by molar-refractivity contribution is -0.159. The summed E-state index contributed by atoms with van der Waals surface area (Å²) in [5.41, 5.74) is -1.10. The Morgan fingerprint density at radius 3 is 2.33 bits per heavy atom. The summed E-state index contributed by atoms with van der Waals surface area (Å²) >= 11 is 6.28. The number of rotatable bonds is 2. The van der Waals surface area contributed by atoms with Crippen molar-refractivity contribution in [3.8, 4) is 5.75 Å². The molecular weight excluding hydrogens is 456 g/mol.